The van der Waals surface area contributed by atoms with Crippen LogP contribution in [-0.2, 0) is 6.54 Å². The van der Waals surface area contributed by atoms with Gasteiger partial charge in [0, 0.05) is 18.3 Å². The van der Waals surface area contributed by atoms with Gasteiger partial charge in [-0.1, -0.05) is 18.2 Å². The largest absolute Gasteiger partial charge is 0.355 e. The second-order valence-corrected chi connectivity index (χ2v) is 7.60. The summed E-state index contributed by atoms with van der Waals surface area (Å²) >= 11 is 0. The second-order valence-electron chi connectivity index (χ2n) is 7.60. The minimum Gasteiger partial charge on any atom is -0.355 e. The van der Waals surface area contributed by atoms with Gasteiger partial charge in [-0.25, -0.2) is 0 Å². The van der Waals surface area contributed by atoms with Crippen molar-refractivity contribution in [2.24, 2.45) is 23.7 Å². The van der Waals surface area contributed by atoms with Crippen LogP contribution in [0.25, 0.3) is 0 Å². The van der Waals surface area contributed by atoms with Crippen LogP contribution in [0.15, 0.2) is 24.3 Å². The lowest BCUT2D eigenvalue weighted by atomic mass is 9.54. The standard InChI is InChI=1S/C18H24N2/c1-2-4-17-14(3-1)10-19-11-20(17)18-15-6-12-5-13(8-15)9-16(18)7-12/h1-4,12-13,15-16,18-19H,5-11H2. The van der Waals surface area contributed by atoms with Gasteiger partial charge in [-0.3, -0.25) is 5.32 Å². The molecule has 106 valence electrons. The number of benzene rings is 1. The first-order valence-corrected chi connectivity index (χ1v) is 8.44. The Morgan fingerprint density at radius 1 is 0.900 bits per heavy atom. The first kappa shape index (κ1) is 11.6. The zero-order valence-corrected chi connectivity index (χ0v) is 12.1. The van der Waals surface area contributed by atoms with Crippen molar-refractivity contribution in [3.63, 3.8) is 0 Å². The SMILES string of the molecule is c1ccc2c(c1)CNCN2C1C2CC3CC(C2)CC1C3. The molecule has 5 aliphatic rings. The van der Waals surface area contributed by atoms with Crippen LogP contribution in [0, 0.1) is 23.7 Å². The Hall–Kier alpha value is -1.02. The Bertz CT molecular complexity index is 496. The molecule has 4 saturated carbocycles. The number of anilines is 1. The van der Waals surface area contributed by atoms with Gasteiger partial charge in [-0.05, 0) is 67.4 Å². The zero-order chi connectivity index (χ0) is 13.1. The summed E-state index contributed by atoms with van der Waals surface area (Å²) in [5.74, 6) is 4.09. The van der Waals surface area contributed by atoms with E-state index in [1.165, 1.54) is 36.9 Å². The lowest BCUT2D eigenvalue weighted by Gasteiger charge is -2.58. The summed E-state index contributed by atoms with van der Waals surface area (Å²) in [6, 6.07) is 9.86. The molecule has 1 aromatic carbocycles. The molecule has 0 aromatic heterocycles. The van der Waals surface area contributed by atoms with E-state index in [0.717, 1.165) is 42.9 Å². The molecule has 4 bridgehead atoms. The first-order valence-electron chi connectivity index (χ1n) is 8.44. The summed E-state index contributed by atoms with van der Waals surface area (Å²) in [5.41, 5.74) is 3.01. The highest BCUT2D eigenvalue weighted by molar-refractivity contribution is 5.56. The van der Waals surface area contributed by atoms with Gasteiger partial charge in [0.1, 0.15) is 0 Å². The molecule has 0 saturated heterocycles. The number of hydrogen-bond acceptors (Lipinski definition) is 2. The van der Waals surface area contributed by atoms with Crippen LogP contribution >= 0.6 is 0 Å². The topological polar surface area (TPSA) is 15.3 Å². The molecule has 0 radical (unpaired) electrons. The van der Waals surface area contributed by atoms with Gasteiger partial charge >= 0.3 is 0 Å². The van der Waals surface area contributed by atoms with E-state index in [1.807, 2.05) is 0 Å². The summed E-state index contributed by atoms with van der Waals surface area (Å²) in [6.45, 7) is 2.10. The van der Waals surface area contributed by atoms with Crippen molar-refractivity contribution in [2.45, 2.75) is 44.7 Å². The van der Waals surface area contributed by atoms with Crippen molar-refractivity contribution in [3.05, 3.63) is 29.8 Å². The Morgan fingerprint density at radius 2 is 1.60 bits per heavy atom. The summed E-state index contributed by atoms with van der Waals surface area (Å²) in [6.07, 6.45) is 7.59. The molecule has 1 aromatic rings. The Balaban J connectivity index is 1.52. The number of hydrogen-bond donors (Lipinski definition) is 1. The van der Waals surface area contributed by atoms with E-state index in [-0.39, 0.29) is 0 Å². The van der Waals surface area contributed by atoms with E-state index in [1.54, 1.807) is 6.42 Å². The van der Waals surface area contributed by atoms with Crippen LogP contribution < -0.4 is 10.2 Å². The molecule has 4 fully saturated rings. The molecule has 6 rings (SSSR count). The average Bonchev–Trinajstić information content (AvgIpc) is 2.46. The van der Waals surface area contributed by atoms with Gasteiger partial charge in [0.25, 0.3) is 0 Å². The molecule has 1 N–H and O–H groups in total. The van der Waals surface area contributed by atoms with Gasteiger partial charge in [0.05, 0.1) is 6.67 Å². The predicted octanol–water partition coefficient (Wildman–Crippen LogP) is 3.38. The Kier molecular flexibility index (Phi) is 2.46. The predicted molar refractivity (Wildman–Crippen MR) is 81.5 cm³/mol. The van der Waals surface area contributed by atoms with E-state index in [9.17, 15) is 0 Å². The molecule has 0 atom stereocenters. The maximum absolute atomic E-state index is 3.63. The molecular formula is C18H24N2. The van der Waals surface area contributed by atoms with Crippen molar-refractivity contribution in [1.82, 2.24) is 5.32 Å². The molecule has 0 amide bonds. The third-order valence-electron chi connectivity index (χ3n) is 6.44. The fourth-order valence-corrected chi connectivity index (χ4v) is 6.01. The van der Waals surface area contributed by atoms with Crippen LogP contribution in [-0.4, -0.2) is 12.7 Å². The zero-order valence-electron chi connectivity index (χ0n) is 12.1. The number of para-hydroxylation sites is 1. The van der Waals surface area contributed by atoms with Gasteiger partial charge in [0.2, 0.25) is 0 Å². The summed E-state index contributed by atoms with van der Waals surface area (Å²) in [5, 5.41) is 3.63. The van der Waals surface area contributed by atoms with E-state index in [0.29, 0.717) is 0 Å². The summed E-state index contributed by atoms with van der Waals surface area (Å²) < 4.78 is 0. The lowest BCUT2D eigenvalue weighted by Crippen LogP contribution is -2.59. The van der Waals surface area contributed by atoms with Crippen molar-refractivity contribution in [3.8, 4) is 0 Å². The fourth-order valence-electron chi connectivity index (χ4n) is 6.01. The first-order chi connectivity index (χ1) is 9.88. The van der Waals surface area contributed by atoms with E-state index in [2.05, 4.69) is 34.5 Å². The quantitative estimate of drug-likeness (QED) is 0.840. The highest BCUT2D eigenvalue weighted by atomic mass is 15.3. The third kappa shape index (κ3) is 1.60. The highest BCUT2D eigenvalue weighted by Gasteiger charge is 2.50. The van der Waals surface area contributed by atoms with Gasteiger partial charge in [0.15, 0.2) is 0 Å². The van der Waals surface area contributed by atoms with Gasteiger partial charge in [-0.15, -0.1) is 0 Å². The van der Waals surface area contributed by atoms with Crippen molar-refractivity contribution in [2.75, 3.05) is 11.6 Å². The normalized spacial score (nSPS) is 41.8. The van der Waals surface area contributed by atoms with E-state index >= 15 is 0 Å². The fraction of sp³-hybridized carbons (Fsp3) is 0.667. The monoisotopic (exact) mass is 268 g/mol. The minimum absolute atomic E-state index is 0.816. The molecule has 20 heavy (non-hydrogen) atoms. The van der Waals surface area contributed by atoms with Crippen LogP contribution in [0.4, 0.5) is 5.69 Å². The Labute approximate surface area is 121 Å². The van der Waals surface area contributed by atoms with Crippen molar-refractivity contribution in [1.29, 1.82) is 0 Å². The van der Waals surface area contributed by atoms with E-state index < -0.39 is 0 Å². The van der Waals surface area contributed by atoms with Crippen LogP contribution in [0.1, 0.15) is 37.7 Å². The minimum atomic E-state index is 0.816. The van der Waals surface area contributed by atoms with Gasteiger partial charge < -0.3 is 4.90 Å². The third-order valence-corrected chi connectivity index (χ3v) is 6.44. The molecule has 4 aliphatic carbocycles. The van der Waals surface area contributed by atoms with Crippen molar-refractivity contribution >= 4 is 5.69 Å². The van der Waals surface area contributed by atoms with Crippen molar-refractivity contribution < 1.29 is 0 Å². The maximum atomic E-state index is 3.63. The number of rotatable bonds is 1. The number of fused-ring (bicyclic) bond motifs is 1. The molecule has 2 heteroatoms. The number of nitrogens with zero attached hydrogens (tertiary/aromatic N) is 1. The summed E-state index contributed by atoms with van der Waals surface area (Å²) in [4.78, 5) is 2.73. The van der Waals surface area contributed by atoms with Gasteiger partial charge in [-0.2, -0.15) is 0 Å². The molecule has 1 heterocycles. The number of nitrogens with one attached hydrogen (secondary N) is 1. The van der Waals surface area contributed by atoms with Crippen LogP contribution in [0.2, 0.25) is 0 Å². The molecule has 0 unspecified atom stereocenters. The average molecular weight is 268 g/mol. The summed E-state index contributed by atoms with van der Waals surface area (Å²) in [7, 11) is 0. The molecule has 0 spiro atoms. The van der Waals surface area contributed by atoms with E-state index in [4.69, 9.17) is 0 Å². The maximum Gasteiger partial charge on any atom is 0.0688 e. The smallest absolute Gasteiger partial charge is 0.0688 e. The Morgan fingerprint density at radius 3 is 2.35 bits per heavy atom. The molecular weight excluding hydrogens is 244 g/mol. The van der Waals surface area contributed by atoms with Crippen LogP contribution in [0.3, 0.4) is 0 Å². The van der Waals surface area contributed by atoms with Crippen LogP contribution in [0.5, 0.6) is 0 Å². The molecule has 2 nitrogen and oxygen atoms in total. The second kappa shape index (κ2) is 4.24. The highest BCUT2D eigenvalue weighted by Crippen LogP contribution is 2.55. The molecule has 1 aliphatic heterocycles. The lowest BCUT2D eigenvalue weighted by molar-refractivity contribution is -0.00378.